The highest BCUT2D eigenvalue weighted by molar-refractivity contribution is 14.1. The Morgan fingerprint density at radius 3 is 2.81 bits per heavy atom. The largest absolute Gasteiger partial charge is 0.352 e. The fourth-order valence-electron chi connectivity index (χ4n) is 2.41. The first-order valence-corrected chi connectivity index (χ1v) is 6.65. The Kier molecular flexibility index (Phi) is 2.63. The monoisotopic (exact) mass is 329 g/mol. The molecule has 1 aromatic carbocycles. The zero-order valence-electron chi connectivity index (χ0n) is 8.67. The molecule has 2 aliphatic rings. The topological polar surface area (TPSA) is 29.5 Å². The Morgan fingerprint density at radius 1 is 1.31 bits per heavy atom. The van der Waals surface area contributed by atoms with Gasteiger partial charge >= 0.3 is 0 Å². The second-order valence-electron chi connectivity index (χ2n) is 4.20. The minimum atomic E-state index is -0.168. The number of ether oxygens (including phenoxy) is 1. The maximum Gasteiger partial charge on any atom is 0.238 e. The van der Waals surface area contributed by atoms with Crippen molar-refractivity contribution in [2.75, 3.05) is 6.61 Å². The van der Waals surface area contributed by atoms with E-state index in [1.165, 1.54) is 0 Å². The van der Waals surface area contributed by atoms with Gasteiger partial charge in [-0.25, -0.2) is 0 Å². The van der Waals surface area contributed by atoms with E-state index in [0.717, 1.165) is 12.0 Å². The van der Waals surface area contributed by atoms with Crippen molar-refractivity contribution in [2.24, 2.45) is 0 Å². The molecular formula is C12H12INO2. The summed E-state index contributed by atoms with van der Waals surface area (Å²) < 4.78 is 5.85. The zero-order chi connectivity index (χ0) is 11.1. The van der Waals surface area contributed by atoms with Crippen molar-refractivity contribution < 1.29 is 9.53 Å². The van der Waals surface area contributed by atoms with Crippen molar-refractivity contribution in [1.29, 1.82) is 0 Å². The van der Waals surface area contributed by atoms with Crippen LogP contribution in [0.25, 0.3) is 0 Å². The summed E-state index contributed by atoms with van der Waals surface area (Å²) in [4.78, 5) is 13.9. The average molecular weight is 329 g/mol. The highest BCUT2D eigenvalue weighted by atomic mass is 127. The molecule has 2 aliphatic heterocycles. The summed E-state index contributed by atoms with van der Waals surface area (Å²) in [5.74, 6) is 0.219. The minimum Gasteiger partial charge on any atom is -0.352 e. The first-order valence-electron chi connectivity index (χ1n) is 5.40. The number of hydrogen-bond acceptors (Lipinski definition) is 2. The van der Waals surface area contributed by atoms with Gasteiger partial charge in [-0.05, 0) is 6.42 Å². The van der Waals surface area contributed by atoms with Crippen LogP contribution in [0.5, 0.6) is 0 Å². The van der Waals surface area contributed by atoms with Gasteiger partial charge in [0.05, 0.1) is 16.6 Å². The summed E-state index contributed by atoms with van der Waals surface area (Å²) in [7, 11) is 0. The Balaban J connectivity index is 1.91. The van der Waals surface area contributed by atoms with Gasteiger partial charge in [0.1, 0.15) is 0 Å². The summed E-state index contributed by atoms with van der Waals surface area (Å²) in [5.41, 5.74) is 1.07. The first-order chi connectivity index (χ1) is 7.77. The quantitative estimate of drug-likeness (QED) is 0.583. The minimum absolute atomic E-state index is 0.123. The zero-order valence-corrected chi connectivity index (χ0v) is 10.8. The molecule has 3 rings (SSSR count). The summed E-state index contributed by atoms with van der Waals surface area (Å²) in [5, 5.41) is 0. The molecule has 1 aromatic rings. The number of halogens is 1. The van der Waals surface area contributed by atoms with Crippen LogP contribution in [0.4, 0.5) is 0 Å². The number of carbonyl (C=O) groups excluding carboxylic acids is 1. The average Bonchev–Trinajstić information content (AvgIpc) is 2.83. The fourth-order valence-corrected chi connectivity index (χ4v) is 3.32. The molecule has 0 saturated carbocycles. The standard InChI is InChI=1S/C12H12INO2/c13-10-6-9-7-16-12(14(9)11(10)15)8-4-2-1-3-5-8/h1-5,9-10,12H,6-7H2/t9-,10+,12+/m0/s1. The van der Waals surface area contributed by atoms with E-state index in [-0.39, 0.29) is 22.1 Å². The number of nitrogens with zero attached hydrogens (tertiary/aromatic N) is 1. The third-order valence-corrected chi connectivity index (χ3v) is 4.22. The van der Waals surface area contributed by atoms with Crippen molar-refractivity contribution in [2.45, 2.75) is 22.6 Å². The number of benzene rings is 1. The lowest BCUT2D eigenvalue weighted by molar-refractivity contribution is -0.133. The summed E-state index contributed by atoms with van der Waals surface area (Å²) in [6.07, 6.45) is 0.751. The smallest absolute Gasteiger partial charge is 0.238 e. The molecule has 4 heteroatoms. The van der Waals surface area contributed by atoms with Gasteiger partial charge < -0.3 is 9.64 Å². The molecule has 0 radical (unpaired) electrons. The van der Waals surface area contributed by atoms with E-state index in [0.29, 0.717) is 6.61 Å². The lowest BCUT2D eigenvalue weighted by Crippen LogP contribution is -2.32. The van der Waals surface area contributed by atoms with E-state index < -0.39 is 0 Å². The van der Waals surface area contributed by atoms with Gasteiger partial charge in [-0.2, -0.15) is 0 Å². The van der Waals surface area contributed by atoms with Crippen LogP contribution >= 0.6 is 22.6 Å². The van der Waals surface area contributed by atoms with Gasteiger partial charge in [0, 0.05) is 5.56 Å². The highest BCUT2D eigenvalue weighted by Crippen LogP contribution is 2.39. The first kappa shape index (κ1) is 10.5. The van der Waals surface area contributed by atoms with Crippen LogP contribution in [0.15, 0.2) is 30.3 Å². The van der Waals surface area contributed by atoms with E-state index in [4.69, 9.17) is 4.74 Å². The number of hydrogen-bond donors (Lipinski definition) is 0. The van der Waals surface area contributed by atoms with E-state index in [1.807, 2.05) is 35.2 Å². The van der Waals surface area contributed by atoms with Crippen LogP contribution in [-0.4, -0.2) is 27.4 Å². The molecule has 2 heterocycles. The molecule has 2 fully saturated rings. The van der Waals surface area contributed by atoms with Gasteiger partial charge in [-0.15, -0.1) is 0 Å². The van der Waals surface area contributed by atoms with Crippen LogP contribution in [0.1, 0.15) is 18.2 Å². The molecule has 3 nitrogen and oxygen atoms in total. The summed E-state index contributed by atoms with van der Waals surface area (Å²) in [6.45, 7) is 0.671. The number of carbonyl (C=O) groups is 1. The third-order valence-electron chi connectivity index (χ3n) is 3.18. The fraction of sp³-hybridized carbons (Fsp3) is 0.417. The molecule has 0 spiro atoms. The second kappa shape index (κ2) is 4.00. The van der Waals surface area contributed by atoms with Crippen molar-refractivity contribution in [3.8, 4) is 0 Å². The van der Waals surface area contributed by atoms with Crippen LogP contribution in [-0.2, 0) is 9.53 Å². The molecule has 84 valence electrons. The Labute approximate surface area is 108 Å². The Bertz CT molecular complexity index is 409. The molecule has 0 unspecified atom stereocenters. The van der Waals surface area contributed by atoms with Crippen molar-refractivity contribution in [3.05, 3.63) is 35.9 Å². The van der Waals surface area contributed by atoms with Crippen LogP contribution in [0.2, 0.25) is 0 Å². The number of rotatable bonds is 1. The normalized spacial score (nSPS) is 33.2. The molecule has 1 amide bonds. The van der Waals surface area contributed by atoms with E-state index >= 15 is 0 Å². The molecule has 0 bridgehead atoms. The van der Waals surface area contributed by atoms with Gasteiger partial charge in [-0.3, -0.25) is 4.79 Å². The SMILES string of the molecule is O=C1[C@H](I)C[C@H]2CO[C@H](c3ccccc3)N12. The number of alkyl halides is 1. The lowest BCUT2D eigenvalue weighted by atomic mass is 10.2. The maximum atomic E-state index is 12.0. The van der Waals surface area contributed by atoms with E-state index in [2.05, 4.69) is 22.6 Å². The molecule has 16 heavy (non-hydrogen) atoms. The Morgan fingerprint density at radius 2 is 2.06 bits per heavy atom. The van der Waals surface area contributed by atoms with E-state index in [9.17, 15) is 4.79 Å². The predicted molar refractivity (Wildman–Crippen MR) is 68.2 cm³/mol. The Hall–Kier alpha value is -0.620. The molecule has 0 aromatic heterocycles. The van der Waals surface area contributed by atoms with Crippen molar-refractivity contribution >= 4 is 28.5 Å². The maximum absolute atomic E-state index is 12.0. The van der Waals surface area contributed by atoms with Gasteiger partial charge in [0.25, 0.3) is 0 Å². The molecular weight excluding hydrogens is 317 g/mol. The summed E-state index contributed by atoms with van der Waals surface area (Å²) in [6, 6.07) is 10.2. The van der Waals surface area contributed by atoms with Gasteiger partial charge in [0.2, 0.25) is 5.91 Å². The third kappa shape index (κ3) is 1.55. The van der Waals surface area contributed by atoms with Crippen LogP contribution < -0.4 is 0 Å². The molecule has 0 N–H and O–H groups in total. The molecule has 3 atom stereocenters. The number of amides is 1. The van der Waals surface area contributed by atoms with Gasteiger partial charge in [-0.1, -0.05) is 52.9 Å². The lowest BCUT2D eigenvalue weighted by Gasteiger charge is -2.22. The molecule has 0 aliphatic carbocycles. The van der Waals surface area contributed by atoms with E-state index in [1.54, 1.807) is 0 Å². The highest BCUT2D eigenvalue weighted by Gasteiger charge is 2.47. The number of fused-ring (bicyclic) bond motifs is 1. The van der Waals surface area contributed by atoms with Crippen molar-refractivity contribution in [1.82, 2.24) is 4.90 Å². The van der Waals surface area contributed by atoms with Crippen molar-refractivity contribution in [3.63, 3.8) is 0 Å². The van der Waals surface area contributed by atoms with Gasteiger partial charge in [0.15, 0.2) is 6.23 Å². The predicted octanol–water partition coefficient (Wildman–Crippen LogP) is 2.12. The summed E-state index contributed by atoms with van der Waals surface area (Å²) >= 11 is 2.23. The van der Waals surface area contributed by atoms with Crippen LogP contribution in [0.3, 0.4) is 0 Å². The second-order valence-corrected chi connectivity index (χ2v) is 5.70. The molecule has 2 saturated heterocycles. The van der Waals surface area contributed by atoms with Crippen LogP contribution in [0, 0.1) is 0 Å².